The lowest BCUT2D eigenvalue weighted by Gasteiger charge is -2.19. The summed E-state index contributed by atoms with van der Waals surface area (Å²) in [5.74, 6) is -3.19. The van der Waals surface area contributed by atoms with Gasteiger partial charge in [-0.25, -0.2) is 9.78 Å². The van der Waals surface area contributed by atoms with Crippen molar-refractivity contribution in [2.75, 3.05) is 11.9 Å². The highest BCUT2D eigenvalue weighted by molar-refractivity contribution is 5.94. The van der Waals surface area contributed by atoms with Crippen molar-refractivity contribution in [3.8, 4) is 0 Å². The van der Waals surface area contributed by atoms with Crippen molar-refractivity contribution in [3.63, 3.8) is 0 Å². The predicted octanol–water partition coefficient (Wildman–Crippen LogP) is 2.23. The summed E-state index contributed by atoms with van der Waals surface area (Å²) in [7, 11) is 0. The van der Waals surface area contributed by atoms with Crippen LogP contribution in [0.3, 0.4) is 0 Å². The summed E-state index contributed by atoms with van der Waals surface area (Å²) >= 11 is 0. The monoisotopic (exact) mass is 338 g/mol. The van der Waals surface area contributed by atoms with Crippen LogP contribution in [0.25, 0.3) is 0 Å². The molecule has 1 amide bonds. The van der Waals surface area contributed by atoms with Gasteiger partial charge in [-0.3, -0.25) is 14.9 Å². The van der Waals surface area contributed by atoms with Crippen LogP contribution in [0.1, 0.15) is 33.3 Å². The minimum Gasteiger partial charge on any atom is -0.481 e. The lowest BCUT2D eigenvalue weighted by Crippen LogP contribution is -2.28. The summed E-state index contributed by atoms with van der Waals surface area (Å²) in [5.41, 5.74) is -0.128. The first-order valence-electron chi connectivity index (χ1n) is 7.46. The van der Waals surface area contributed by atoms with E-state index in [1.165, 1.54) is 12.3 Å². The number of pyridine rings is 1. The zero-order valence-electron chi connectivity index (χ0n) is 14.2. The number of carboxylic acid groups (broad SMARTS) is 1. The molecule has 1 aromatic heterocycles. The maximum atomic E-state index is 11.7. The van der Waals surface area contributed by atoms with E-state index in [2.05, 4.69) is 10.3 Å². The van der Waals surface area contributed by atoms with Gasteiger partial charge in [0.2, 0.25) is 0 Å². The number of carbonyl (C=O) groups is 3. The maximum absolute atomic E-state index is 11.7. The largest absolute Gasteiger partial charge is 0.481 e. The molecule has 8 heteroatoms. The van der Waals surface area contributed by atoms with E-state index in [4.69, 9.17) is 14.6 Å². The molecule has 0 saturated carbocycles. The molecule has 2 N–H and O–H groups in total. The lowest BCUT2D eigenvalue weighted by atomic mass is 10.0. The molecule has 0 saturated heterocycles. The number of aliphatic carboxylic acids is 1. The highest BCUT2D eigenvalue weighted by atomic mass is 16.6. The van der Waals surface area contributed by atoms with E-state index in [1.807, 2.05) is 0 Å². The van der Waals surface area contributed by atoms with Crippen LogP contribution in [0.2, 0.25) is 0 Å². The molecule has 0 fully saturated rings. The number of hydrogen-bond donors (Lipinski definition) is 2. The number of ether oxygens (including phenoxy) is 2. The lowest BCUT2D eigenvalue weighted by molar-refractivity contribution is -0.158. The molecule has 24 heavy (non-hydrogen) atoms. The third-order valence-electron chi connectivity index (χ3n) is 2.76. The van der Waals surface area contributed by atoms with Crippen molar-refractivity contribution in [2.45, 2.75) is 39.7 Å². The number of nitrogens with one attached hydrogen (secondary N) is 1. The van der Waals surface area contributed by atoms with Gasteiger partial charge >= 0.3 is 18.0 Å². The van der Waals surface area contributed by atoms with Crippen molar-refractivity contribution in [3.05, 3.63) is 23.9 Å². The SMILES string of the molecule is CCOC(=O)C(Cc1ccnc(NC(=O)OC(C)(C)C)c1)C(=O)O. The zero-order chi connectivity index (χ0) is 18.3. The normalized spacial score (nSPS) is 12.2. The van der Waals surface area contributed by atoms with Gasteiger partial charge in [0.1, 0.15) is 11.4 Å². The number of rotatable bonds is 6. The molecule has 1 rings (SSSR count). The molecule has 1 aromatic rings. The number of esters is 1. The number of carboxylic acids is 1. The van der Waals surface area contributed by atoms with Crippen molar-refractivity contribution in [2.24, 2.45) is 5.92 Å². The van der Waals surface area contributed by atoms with Crippen LogP contribution >= 0.6 is 0 Å². The molecule has 0 aliphatic carbocycles. The third-order valence-corrected chi connectivity index (χ3v) is 2.76. The third kappa shape index (κ3) is 6.64. The van der Waals surface area contributed by atoms with Crippen molar-refractivity contribution < 1.29 is 29.0 Å². The minimum absolute atomic E-state index is 0.0698. The van der Waals surface area contributed by atoms with Gasteiger partial charge in [-0.1, -0.05) is 0 Å². The first-order chi connectivity index (χ1) is 11.1. The van der Waals surface area contributed by atoms with Crippen molar-refractivity contribution in [1.82, 2.24) is 4.98 Å². The molecule has 0 spiro atoms. The van der Waals surface area contributed by atoms with Gasteiger partial charge in [0.05, 0.1) is 6.61 Å². The van der Waals surface area contributed by atoms with Crippen LogP contribution < -0.4 is 5.32 Å². The number of amides is 1. The number of carbonyl (C=O) groups excluding carboxylic acids is 2. The maximum Gasteiger partial charge on any atom is 0.413 e. The van der Waals surface area contributed by atoms with E-state index in [1.54, 1.807) is 33.8 Å². The molecule has 1 heterocycles. The van der Waals surface area contributed by atoms with E-state index < -0.39 is 29.6 Å². The predicted molar refractivity (Wildman–Crippen MR) is 85.6 cm³/mol. The van der Waals surface area contributed by atoms with Crippen LogP contribution in [-0.2, 0) is 25.5 Å². The molecule has 0 aliphatic rings. The van der Waals surface area contributed by atoms with E-state index in [9.17, 15) is 14.4 Å². The number of anilines is 1. The number of aromatic nitrogens is 1. The second kappa shape index (κ2) is 8.28. The van der Waals surface area contributed by atoms with E-state index >= 15 is 0 Å². The standard InChI is InChI=1S/C16H22N2O6/c1-5-23-14(21)11(13(19)20)8-10-6-7-17-12(9-10)18-15(22)24-16(2,3)4/h6-7,9,11H,5,8H2,1-4H3,(H,19,20)(H,17,18,22). The molecule has 132 valence electrons. The summed E-state index contributed by atoms with van der Waals surface area (Å²) in [5, 5.41) is 11.6. The van der Waals surface area contributed by atoms with Crippen LogP contribution in [0.15, 0.2) is 18.3 Å². The highest BCUT2D eigenvalue weighted by Crippen LogP contribution is 2.15. The molecule has 1 atom stereocenters. The van der Waals surface area contributed by atoms with Gasteiger partial charge in [0.25, 0.3) is 0 Å². The number of nitrogens with zero attached hydrogens (tertiary/aromatic N) is 1. The highest BCUT2D eigenvalue weighted by Gasteiger charge is 2.28. The van der Waals surface area contributed by atoms with Crippen molar-refractivity contribution in [1.29, 1.82) is 0 Å². The molecule has 8 nitrogen and oxygen atoms in total. The van der Waals surface area contributed by atoms with Gasteiger partial charge < -0.3 is 14.6 Å². The van der Waals surface area contributed by atoms with Gasteiger partial charge in [-0.15, -0.1) is 0 Å². The fourth-order valence-corrected chi connectivity index (χ4v) is 1.83. The Morgan fingerprint density at radius 1 is 1.33 bits per heavy atom. The molecule has 0 bridgehead atoms. The summed E-state index contributed by atoms with van der Waals surface area (Å²) in [6.07, 6.45) is 0.665. The van der Waals surface area contributed by atoms with Crippen LogP contribution in [-0.4, -0.2) is 40.3 Å². The van der Waals surface area contributed by atoms with Crippen LogP contribution in [0, 0.1) is 5.92 Å². The summed E-state index contributed by atoms with van der Waals surface area (Å²) in [6, 6.07) is 3.05. The second-order valence-electron chi connectivity index (χ2n) is 6.02. The Labute approximate surface area is 140 Å². The van der Waals surface area contributed by atoms with Crippen LogP contribution in [0.5, 0.6) is 0 Å². The summed E-state index contributed by atoms with van der Waals surface area (Å²) < 4.78 is 9.87. The average molecular weight is 338 g/mol. The topological polar surface area (TPSA) is 115 Å². The molecular weight excluding hydrogens is 316 g/mol. The minimum atomic E-state index is -1.32. The first kappa shape index (κ1) is 19.4. The summed E-state index contributed by atoms with van der Waals surface area (Å²) in [4.78, 5) is 38.6. The Morgan fingerprint density at radius 3 is 2.54 bits per heavy atom. The molecule has 0 aromatic carbocycles. The molecular formula is C16H22N2O6. The Hall–Kier alpha value is -2.64. The van der Waals surface area contributed by atoms with Gasteiger partial charge in [-0.2, -0.15) is 0 Å². The van der Waals surface area contributed by atoms with Crippen molar-refractivity contribution >= 4 is 23.8 Å². The Kier molecular flexibility index (Phi) is 6.69. The Balaban J connectivity index is 2.82. The number of hydrogen-bond acceptors (Lipinski definition) is 6. The smallest absolute Gasteiger partial charge is 0.413 e. The fourth-order valence-electron chi connectivity index (χ4n) is 1.83. The average Bonchev–Trinajstić information content (AvgIpc) is 2.42. The molecule has 0 aliphatic heterocycles. The summed E-state index contributed by atoms with van der Waals surface area (Å²) in [6.45, 7) is 6.89. The van der Waals surface area contributed by atoms with Gasteiger partial charge in [0, 0.05) is 6.20 Å². The molecule has 1 unspecified atom stereocenters. The van der Waals surface area contributed by atoms with E-state index in [0.717, 1.165) is 0 Å². The zero-order valence-corrected chi connectivity index (χ0v) is 14.2. The van der Waals surface area contributed by atoms with E-state index in [0.29, 0.717) is 5.56 Å². The Morgan fingerprint density at radius 2 is 2.00 bits per heavy atom. The second-order valence-corrected chi connectivity index (χ2v) is 6.02. The van der Waals surface area contributed by atoms with Crippen LogP contribution in [0.4, 0.5) is 10.6 Å². The van der Waals surface area contributed by atoms with E-state index in [-0.39, 0.29) is 18.8 Å². The quantitative estimate of drug-likeness (QED) is 0.603. The Bertz CT molecular complexity index is 609. The first-order valence-corrected chi connectivity index (χ1v) is 7.46. The van der Waals surface area contributed by atoms with Gasteiger partial charge in [0.15, 0.2) is 5.92 Å². The van der Waals surface area contributed by atoms with Gasteiger partial charge in [-0.05, 0) is 51.8 Å². The fraction of sp³-hybridized carbons (Fsp3) is 0.500. The molecule has 0 radical (unpaired) electrons.